The summed E-state index contributed by atoms with van der Waals surface area (Å²) in [6.07, 6.45) is 0. The molecule has 0 amide bonds. The van der Waals surface area contributed by atoms with Gasteiger partial charge < -0.3 is 9.47 Å². The summed E-state index contributed by atoms with van der Waals surface area (Å²) in [5.74, 6) is -0.725. The van der Waals surface area contributed by atoms with E-state index in [1.54, 1.807) is 24.3 Å². The van der Waals surface area contributed by atoms with Gasteiger partial charge in [0, 0.05) is 0 Å². The molecule has 0 aliphatic carbocycles. The Kier molecular flexibility index (Phi) is 4.15. The summed E-state index contributed by atoms with van der Waals surface area (Å²) >= 11 is 0. The number of esters is 2. The minimum Gasteiger partial charge on any atom is -0.465 e. The van der Waals surface area contributed by atoms with Gasteiger partial charge in [0.25, 0.3) is 0 Å². The number of hydrogen-bond donors (Lipinski definition) is 0. The number of methoxy groups -OCH3 is 1. The predicted octanol–water partition coefficient (Wildman–Crippen LogP) is 3.00. The molecule has 0 atom stereocenters. The monoisotopic (exact) mass is 270 g/mol. The van der Waals surface area contributed by atoms with Crippen molar-refractivity contribution in [2.24, 2.45) is 0 Å². The van der Waals surface area contributed by atoms with E-state index in [2.05, 4.69) is 4.74 Å². The van der Waals surface area contributed by atoms with Gasteiger partial charge in [0.15, 0.2) is 0 Å². The molecule has 0 unspecified atom stereocenters. The minimum absolute atomic E-state index is 0.180. The molecule has 4 heteroatoms. The quantitative estimate of drug-likeness (QED) is 0.635. The summed E-state index contributed by atoms with van der Waals surface area (Å²) in [6, 6.07) is 13.5. The fraction of sp³-hybridized carbons (Fsp3) is 0.125. The molecular weight excluding hydrogens is 256 g/mol. The van der Waals surface area contributed by atoms with E-state index in [1.165, 1.54) is 19.2 Å². The van der Waals surface area contributed by atoms with Crippen molar-refractivity contribution in [2.45, 2.75) is 6.92 Å². The van der Waals surface area contributed by atoms with E-state index in [4.69, 9.17) is 4.74 Å². The van der Waals surface area contributed by atoms with Gasteiger partial charge in [-0.05, 0) is 31.2 Å². The second kappa shape index (κ2) is 6.02. The Balaban J connectivity index is 2.25. The van der Waals surface area contributed by atoms with Gasteiger partial charge in [0.2, 0.25) is 0 Å². The summed E-state index contributed by atoms with van der Waals surface area (Å²) in [7, 11) is 1.27. The van der Waals surface area contributed by atoms with Crippen LogP contribution in [0.3, 0.4) is 0 Å². The van der Waals surface area contributed by atoms with Crippen molar-refractivity contribution in [1.82, 2.24) is 0 Å². The lowest BCUT2D eigenvalue weighted by molar-refractivity contribution is 0.0587. The molecule has 2 aromatic rings. The maximum atomic E-state index is 12.1. The largest absolute Gasteiger partial charge is 0.465 e. The lowest BCUT2D eigenvalue weighted by Crippen LogP contribution is -2.15. The summed E-state index contributed by atoms with van der Waals surface area (Å²) in [6.45, 7) is 1.94. The van der Waals surface area contributed by atoms with Gasteiger partial charge in [-0.15, -0.1) is 0 Å². The molecule has 102 valence electrons. The first-order valence-corrected chi connectivity index (χ1v) is 6.08. The highest BCUT2D eigenvalue weighted by Crippen LogP contribution is 2.16. The first-order valence-electron chi connectivity index (χ1n) is 6.08. The molecule has 2 aromatic carbocycles. The van der Waals surface area contributed by atoms with E-state index in [1.807, 2.05) is 19.1 Å². The highest BCUT2D eigenvalue weighted by atomic mass is 16.5. The number of benzene rings is 2. The molecule has 0 aliphatic rings. The van der Waals surface area contributed by atoms with Gasteiger partial charge in [-0.2, -0.15) is 0 Å². The molecule has 0 fully saturated rings. The molecule has 20 heavy (non-hydrogen) atoms. The van der Waals surface area contributed by atoms with Crippen LogP contribution in [0.5, 0.6) is 5.75 Å². The Hall–Kier alpha value is -2.62. The minimum atomic E-state index is -0.588. The molecule has 0 bridgehead atoms. The third kappa shape index (κ3) is 3.03. The Morgan fingerprint density at radius 2 is 1.40 bits per heavy atom. The molecule has 0 N–H and O–H groups in total. The fourth-order valence-electron chi connectivity index (χ4n) is 1.72. The number of carbonyl (C=O) groups excluding carboxylic acids is 2. The second-order valence-corrected chi connectivity index (χ2v) is 4.24. The average Bonchev–Trinajstić information content (AvgIpc) is 2.48. The topological polar surface area (TPSA) is 52.6 Å². The van der Waals surface area contributed by atoms with Gasteiger partial charge in [-0.25, -0.2) is 9.59 Å². The molecule has 0 spiro atoms. The normalized spacial score (nSPS) is 9.90. The molecule has 0 saturated carbocycles. The molecule has 0 heterocycles. The van der Waals surface area contributed by atoms with Crippen molar-refractivity contribution in [2.75, 3.05) is 7.11 Å². The van der Waals surface area contributed by atoms with Crippen LogP contribution in [-0.4, -0.2) is 19.0 Å². The molecule has 0 saturated heterocycles. The lowest BCUT2D eigenvalue weighted by atomic mass is 10.1. The lowest BCUT2D eigenvalue weighted by Gasteiger charge is -2.08. The number of ether oxygens (including phenoxy) is 2. The Morgan fingerprint density at radius 1 is 0.850 bits per heavy atom. The summed E-state index contributed by atoms with van der Waals surface area (Å²) < 4.78 is 9.89. The Morgan fingerprint density at radius 3 is 1.95 bits per heavy atom. The first kappa shape index (κ1) is 13.8. The zero-order valence-electron chi connectivity index (χ0n) is 11.3. The third-order valence-corrected chi connectivity index (χ3v) is 2.78. The van der Waals surface area contributed by atoms with Crippen LogP contribution < -0.4 is 4.74 Å². The molecule has 0 aliphatic heterocycles. The van der Waals surface area contributed by atoms with Crippen LogP contribution in [-0.2, 0) is 4.74 Å². The SMILES string of the molecule is COC(=O)c1ccccc1C(=O)Oc1ccc(C)cc1. The zero-order valence-corrected chi connectivity index (χ0v) is 11.3. The number of carbonyl (C=O) groups is 2. The fourth-order valence-corrected chi connectivity index (χ4v) is 1.72. The number of aryl methyl sites for hydroxylation is 1. The predicted molar refractivity (Wildman–Crippen MR) is 73.9 cm³/mol. The van der Waals surface area contributed by atoms with Gasteiger partial charge >= 0.3 is 11.9 Å². The Labute approximate surface area is 116 Å². The van der Waals surface area contributed by atoms with Crippen molar-refractivity contribution < 1.29 is 19.1 Å². The van der Waals surface area contributed by atoms with Crippen molar-refractivity contribution >= 4 is 11.9 Å². The highest BCUT2D eigenvalue weighted by molar-refractivity contribution is 6.03. The number of hydrogen-bond acceptors (Lipinski definition) is 4. The van der Waals surface area contributed by atoms with Crippen molar-refractivity contribution in [1.29, 1.82) is 0 Å². The molecule has 2 rings (SSSR count). The maximum absolute atomic E-state index is 12.1. The molecular formula is C16H14O4. The van der Waals surface area contributed by atoms with Crippen LogP contribution >= 0.6 is 0 Å². The summed E-state index contributed by atoms with van der Waals surface area (Å²) in [4.78, 5) is 23.7. The van der Waals surface area contributed by atoms with Crippen molar-refractivity contribution in [3.05, 3.63) is 65.2 Å². The zero-order chi connectivity index (χ0) is 14.5. The van der Waals surface area contributed by atoms with Crippen LogP contribution in [0.1, 0.15) is 26.3 Å². The van der Waals surface area contributed by atoms with E-state index in [9.17, 15) is 9.59 Å². The van der Waals surface area contributed by atoms with Crippen molar-refractivity contribution in [3.63, 3.8) is 0 Å². The third-order valence-electron chi connectivity index (χ3n) is 2.78. The molecule has 0 aromatic heterocycles. The van der Waals surface area contributed by atoms with E-state index < -0.39 is 11.9 Å². The van der Waals surface area contributed by atoms with E-state index in [0.29, 0.717) is 5.75 Å². The average molecular weight is 270 g/mol. The van der Waals surface area contributed by atoms with Crippen LogP contribution in [0.25, 0.3) is 0 Å². The van der Waals surface area contributed by atoms with Crippen LogP contribution in [0.2, 0.25) is 0 Å². The standard InChI is InChI=1S/C16H14O4/c1-11-7-9-12(10-8-11)20-16(18)14-6-4-3-5-13(14)15(17)19-2/h3-10H,1-2H3. The van der Waals surface area contributed by atoms with Gasteiger partial charge in [0.05, 0.1) is 18.2 Å². The van der Waals surface area contributed by atoms with E-state index in [-0.39, 0.29) is 11.1 Å². The Bertz CT molecular complexity index is 629. The van der Waals surface area contributed by atoms with Gasteiger partial charge in [0.1, 0.15) is 5.75 Å². The summed E-state index contributed by atoms with van der Waals surface area (Å²) in [5.41, 5.74) is 1.44. The van der Waals surface area contributed by atoms with Gasteiger partial charge in [-0.3, -0.25) is 0 Å². The maximum Gasteiger partial charge on any atom is 0.344 e. The smallest absolute Gasteiger partial charge is 0.344 e. The second-order valence-electron chi connectivity index (χ2n) is 4.24. The van der Waals surface area contributed by atoms with E-state index >= 15 is 0 Å². The van der Waals surface area contributed by atoms with Crippen LogP contribution in [0.4, 0.5) is 0 Å². The summed E-state index contributed by atoms with van der Waals surface area (Å²) in [5, 5.41) is 0. The highest BCUT2D eigenvalue weighted by Gasteiger charge is 2.18. The molecule has 0 radical (unpaired) electrons. The van der Waals surface area contributed by atoms with Crippen molar-refractivity contribution in [3.8, 4) is 5.75 Å². The number of rotatable bonds is 3. The van der Waals surface area contributed by atoms with E-state index in [0.717, 1.165) is 5.56 Å². The van der Waals surface area contributed by atoms with Crippen LogP contribution in [0, 0.1) is 6.92 Å². The molecule has 4 nitrogen and oxygen atoms in total. The van der Waals surface area contributed by atoms with Crippen LogP contribution in [0.15, 0.2) is 48.5 Å². The first-order chi connectivity index (χ1) is 9.61. The van der Waals surface area contributed by atoms with Gasteiger partial charge in [-0.1, -0.05) is 29.8 Å².